The van der Waals surface area contributed by atoms with Crippen molar-refractivity contribution in [1.29, 1.82) is 0 Å². The van der Waals surface area contributed by atoms with Gasteiger partial charge in [0.25, 0.3) is 10.0 Å². The number of hydrogen-bond acceptors (Lipinski definition) is 4. The summed E-state index contributed by atoms with van der Waals surface area (Å²) in [6, 6.07) is 6.39. The SMILES string of the molecule is NC(=O)Cc1ccc(NS(=O)(=O)c2cnc[nH]2)cc1. The molecular weight excluding hydrogens is 268 g/mol. The van der Waals surface area contributed by atoms with E-state index in [9.17, 15) is 13.2 Å². The first-order valence-electron chi connectivity index (χ1n) is 5.36. The van der Waals surface area contributed by atoms with Crippen LogP contribution in [0, 0.1) is 0 Å². The van der Waals surface area contributed by atoms with Crippen LogP contribution in [-0.4, -0.2) is 24.3 Å². The summed E-state index contributed by atoms with van der Waals surface area (Å²) in [4.78, 5) is 16.9. The molecule has 0 fully saturated rings. The minimum Gasteiger partial charge on any atom is -0.369 e. The Morgan fingerprint density at radius 1 is 1.32 bits per heavy atom. The molecule has 0 saturated carbocycles. The number of imidazole rings is 1. The normalized spacial score (nSPS) is 11.2. The molecule has 0 bridgehead atoms. The van der Waals surface area contributed by atoms with E-state index in [-0.39, 0.29) is 11.4 Å². The van der Waals surface area contributed by atoms with E-state index in [1.807, 2.05) is 0 Å². The van der Waals surface area contributed by atoms with Gasteiger partial charge in [0.05, 0.1) is 18.9 Å². The van der Waals surface area contributed by atoms with Crippen LogP contribution >= 0.6 is 0 Å². The summed E-state index contributed by atoms with van der Waals surface area (Å²) in [6.45, 7) is 0. The maximum Gasteiger partial charge on any atom is 0.278 e. The number of carbonyl (C=O) groups is 1. The first-order chi connectivity index (χ1) is 8.97. The molecule has 1 aromatic carbocycles. The number of H-pyrrole nitrogens is 1. The highest BCUT2D eigenvalue weighted by Gasteiger charge is 2.15. The molecule has 0 radical (unpaired) electrons. The molecule has 0 unspecified atom stereocenters. The summed E-state index contributed by atoms with van der Waals surface area (Å²) < 4.78 is 26.1. The third-order valence-corrected chi connectivity index (χ3v) is 3.65. The van der Waals surface area contributed by atoms with Crippen molar-refractivity contribution < 1.29 is 13.2 Å². The number of nitrogens with zero attached hydrogens (tertiary/aromatic N) is 1. The molecule has 1 heterocycles. The number of primary amides is 1. The minimum atomic E-state index is -3.67. The lowest BCUT2D eigenvalue weighted by molar-refractivity contribution is -0.117. The summed E-state index contributed by atoms with van der Waals surface area (Å²) >= 11 is 0. The second-order valence-corrected chi connectivity index (χ2v) is 5.51. The molecule has 4 N–H and O–H groups in total. The largest absolute Gasteiger partial charge is 0.369 e. The molecule has 0 atom stereocenters. The maximum absolute atomic E-state index is 11.9. The molecule has 0 spiro atoms. The van der Waals surface area contributed by atoms with E-state index < -0.39 is 15.9 Å². The van der Waals surface area contributed by atoms with Crippen LogP contribution in [0.3, 0.4) is 0 Å². The Morgan fingerprint density at radius 2 is 2.00 bits per heavy atom. The molecule has 2 rings (SSSR count). The van der Waals surface area contributed by atoms with Crippen LogP contribution in [0.2, 0.25) is 0 Å². The van der Waals surface area contributed by atoms with Gasteiger partial charge in [-0.15, -0.1) is 0 Å². The van der Waals surface area contributed by atoms with Gasteiger partial charge in [-0.3, -0.25) is 9.52 Å². The van der Waals surface area contributed by atoms with Gasteiger partial charge < -0.3 is 10.7 Å². The van der Waals surface area contributed by atoms with Crippen LogP contribution in [0.25, 0.3) is 0 Å². The summed E-state index contributed by atoms with van der Waals surface area (Å²) in [5.74, 6) is -0.439. The van der Waals surface area contributed by atoms with Gasteiger partial charge in [-0.25, -0.2) is 4.98 Å². The number of nitrogens with one attached hydrogen (secondary N) is 2. The average molecular weight is 280 g/mol. The maximum atomic E-state index is 11.9. The Balaban J connectivity index is 2.14. The van der Waals surface area contributed by atoms with E-state index in [1.54, 1.807) is 24.3 Å². The standard InChI is InChI=1S/C11H12N4O3S/c12-10(16)5-8-1-3-9(4-2-8)15-19(17,18)11-6-13-7-14-11/h1-4,6-7,15H,5H2,(H2,12,16)(H,13,14). The van der Waals surface area contributed by atoms with E-state index in [0.29, 0.717) is 5.69 Å². The molecule has 0 aliphatic rings. The predicted molar refractivity (Wildman–Crippen MR) is 68.7 cm³/mol. The van der Waals surface area contributed by atoms with Crippen molar-refractivity contribution in [3.63, 3.8) is 0 Å². The van der Waals surface area contributed by atoms with E-state index in [2.05, 4.69) is 14.7 Å². The van der Waals surface area contributed by atoms with Crippen molar-refractivity contribution in [1.82, 2.24) is 9.97 Å². The lowest BCUT2D eigenvalue weighted by Gasteiger charge is -2.06. The van der Waals surface area contributed by atoms with Gasteiger partial charge in [-0.1, -0.05) is 12.1 Å². The monoisotopic (exact) mass is 280 g/mol. The lowest BCUT2D eigenvalue weighted by atomic mass is 10.1. The molecule has 1 aromatic heterocycles. The first kappa shape index (κ1) is 13.1. The quantitative estimate of drug-likeness (QED) is 0.726. The van der Waals surface area contributed by atoms with Gasteiger partial charge in [0.15, 0.2) is 5.03 Å². The van der Waals surface area contributed by atoms with E-state index >= 15 is 0 Å². The highest BCUT2D eigenvalue weighted by Crippen LogP contribution is 2.14. The number of aromatic amines is 1. The van der Waals surface area contributed by atoms with E-state index in [4.69, 9.17) is 5.73 Å². The van der Waals surface area contributed by atoms with Gasteiger partial charge >= 0.3 is 0 Å². The number of rotatable bonds is 5. The molecule has 100 valence electrons. The van der Waals surface area contributed by atoms with Crippen molar-refractivity contribution in [2.24, 2.45) is 5.73 Å². The molecule has 2 aromatic rings. The van der Waals surface area contributed by atoms with Crippen molar-refractivity contribution >= 4 is 21.6 Å². The number of carbonyl (C=O) groups excluding carboxylic acids is 1. The minimum absolute atomic E-state index is 0.0197. The van der Waals surface area contributed by atoms with Crippen LogP contribution in [0.4, 0.5) is 5.69 Å². The summed E-state index contributed by atoms with van der Waals surface area (Å²) in [5.41, 5.74) is 6.18. The lowest BCUT2D eigenvalue weighted by Crippen LogP contribution is -2.14. The smallest absolute Gasteiger partial charge is 0.278 e. The molecule has 19 heavy (non-hydrogen) atoms. The molecule has 0 saturated heterocycles. The number of aromatic nitrogens is 2. The van der Waals surface area contributed by atoms with Crippen LogP contribution < -0.4 is 10.5 Å². The average Bonchev–Trinajstić information content (AvgIpc) is 2.85. The molecule has 0 aliphatic heterocycles. The second-order valence-electron chi connectivity index (χ2n) is 3.86. The van der Waals surface area contributed by atoms with Crippen molar-refractivity contribution in [2.45, 2.75) is 11.4 Å². The predicted octanol–water partition coefficient (Wildman–Crippen LogP) is 0.238. The summed E-state index contributed by atoms with van der Waals surface area (Å²) in [6.07, 6.45) is 2.61. The third-order valence-electron chi connectivity index (χ3n) is 2.35. The van der Waals surface area contributed by atoms with Crippen LogP contribution in [-0.2, 0) is 21.2 Å². The number of nitrogens with two attached hydrogens (primary N) is 1. The highest BCUT2D eigenvalue weighted by molar-refractivity contribution is 7.92. The first-order valence-corrected chi connectivity index (χ1v) is 6.84. The topological polar surface area (TPSA) is 118 Å². The van der Waals surface area contributed by atoms with E-state index in [0.717, 1.165) is 5.56 Å². The van der Waals surface area contributed by atoms with Gasteiger partial charge in [0.2, 0.25) is 5.91 Å². The zero-order valence-electron chi connectivity index (χ0n) is 9.83. The van der Waals surface area contributed by atoms with Crippen molar-refractivity contribution in [3.8, 4) is 0 Å². The Kier molecular flexibility index (Phi) is 3.52. The summed E-state index contributed by atoms with van der Waals surface area (Å²) in [7, 11) is -3.67. The fraction of sp³-hybridized carbons (Fsp3) is 0.0909. The fourth-order valence-electron chi connectivity index (χ4n) is 1.49. The summed E-state index contributed by atoms with van der Waals surface area (Å²) in [5, 5.41) is -0.0197. The third kappa shape index (κ3) is 3.32. The van der Waals surface area contributed by atoms with Gasteiger partial charge in [0.1, 0.15) is 0 Å². The highest BCUT2D eigenvalue weighted by atomic mass is 32.2. The fourth-order valence-corrected chi connectivity index (χ4v) is 2.46. The van der Waals surface area contributed by atoms with Gasteiger partial charge in [-0.2, -0.15) is 8.42 Å². The van der Waals surface area contributed by atoms with Gasteiger partial charge in [0, 0.05) is 5.69 Å². The molecule has 0 aliphatic carbocycles. The molecule has 1 amide bonds. The number of hydrogen-bond donors (Lipinski definition) is 3. The van der Waals surface area contributed by atoms with Crippen LogP contribution in [0.1, 0.15) is 5.56 Å². The second kappa shape index (κ2) is 5.11. The Hall–Kier alpha value is -2.35. The van der Waals surface area contributed by atoms with Crippen LogP contribution in [0.15, 0.2) is 41.8 Å². The Labute approximate surface area is 109 Å². The van der Waals surface area contributed by atoms with Crippen LogP contribution in [0.5, 0.6) is 0 Å². The van der Waals surface area contributed by atoms with E-state index in [1.165, 1.54) is 12.5 Å². The number of sulfonamides is 1. The number of amides is 1. The zero-order chi connectivity index (χ0) is 13.9. The Bertz CT molecular complexity index is 662. The van der Waals surface area contributed by atoms with Crippen molar-refractivity contribution in [3.05, 3.63) is 42.4 Å². The molecule has 7 nitrogen and oxygen atoms in total. The zero-order valence-corrected chi connectivity index (χ0v) is 10.6. The number of benzene rings is 1. The Morgan fingerprint density at radius 3 is 2.53 bits per heavy atom. The molecular formula is C11H12N4O3S. The molecule has 8 heteroatoms. The number of anilines is 1. The van der Waals surface area contributed by atoms with Crippen molar-refractivity contribution in [2.75, 3.05) is 4.72 Å². The van der Waals surface area contributed by atoms with Gasteiger partial charge in [-0.05, 0) is 17.7 Å².